The van der Waals surface area contributed by atoms with Gasteiger partial charge in [0.25, 0.3) is 0 Å². The van der Waals surface area contributed by atoms with Crippen LogP contribution < -0.4 is 0 Å². The molecule has 18 heavy (non-hydrogen) atoms. The van der Waals surface area contributed by atoms with Crippen LogP contribution in [0.5, 0.6) is 0 Å². The largest absolute Gasteiger partial charge is 0.461 e. The maximum absolute atomic E-state index is 13.4. The van der Waals surface area contributed by atoms with Gasteiger partial charge in [-0.2, -0.15) is 8.78 Å². The van der Waals surface area contributed by atoms with Crippen LogP contribution in [0.4, 0.5) is 8.78 Å². The lowest BCUT2D eigenvalue weighted by molar-refractivity contribution is -0.176. The first-order valence-electron chi connectivity index (χ1n) is 5.52. The Hall–Kier alpha value is -1.78. The van der Waals surface area contributed by atoms with E-state index in [1.165, 1.54) is 6.92 Å². The van der Waals surface area contributed by atoms with Crippen molar-refractivity contribution in [2.45, 2.75) is 26.2 Å². The van der Waals surface area contributed by atoms with E-state index in [0.717, 1.165) is 5.56 Å². The minimum atomic E-state index is -4.09. The summed E-state index contributed by atoms with van der Waals surface area (Å²) in [5.74, 6) is -7.32. The number of carbonyl (C=O) groups excluding carboxylic acids is 2. The van der Waals surface area contributed by atoms with Gasteiger partial charge in [-0.1, -0.05) is 24.3 Å². The van der Waals surface area contributed by atoms with Gasteiger partial charge in [0.1, 0.15) is 0 Å². The normalized spacial score (nSPS) is 11.1. The number of rotatable bonds is 5. The molecule has 0 heterocycles. The van der Waals surface area contributed by atoms with Gasteiger partial charge in [0, 0.05) is 6.42 Å². The van der Waals surface area contributed by atoms with Crippen LogP contribution in [-0.2, 0) is 20.7 Å². The van der Waals surface area contributed by atoms with Gasteiger partial charge in [0.2, 0.25) is 5.78 Å². The maximum Gasteiger partial charge on any atom is 0.400 e. The fourth-order valence-electron chi connectivity index (χ4n) is 1.43. The highest BCUT2D eigenvalue weighted by molar-refractivity contribution is 6.06. The second kappa shape index (κ2) is 5.71. The van der Waals surface area contributed by atoms with Crippen LogP contribution in [0.25, 0.3) is 0 Å². The average molecular weight is 256 g/mol. The molecule has 1 aromatic rings. The molecule has 0 aliphatic carbocycles. The fraction of sp³-hybridized carbons (Fsp3) is 0.385. The minimum Gasteiger partial charge on any atom is -0.461 e. The van der Waals surface area contributed by atoms with E-state index in [0.29, 0.717) is 5.56 Å². The van der Waals surface area contributed by atoms with Gasteiger partial charge in [-0.25, -0.2) is 4.79 Å². The number of hydrogen-bond acceptors (Lipinski definition) is 3. The predicted octanol–water partition coefficient (Wildman–Crippen LogP) is 2.31. The predicted molar refractivity (Wildman–Crippen MR) is 61.5 cm³/mol. The van der Waals surface area contributed by atoms with Crippen LogP contribution in [0, 0.1) is 6.92 Å². The van der Waals surface area contributed by atoms with Crippen molar-refractivity contribution in [3.8, 4) is 0 Å². The number of ketones is 1. The molecule has 3 nitrogen and oxygen atoms in total. The quantitative estimate of drug-likeness (QED) is 0.599. The van der Waals surface area contributed by atoms with E-state index in [2.05, 4.69) is 4.74 Å². The third-order valence-corrected chi connectivity index (χ3v) is 2.49. The molecule has 0 saturated carbocycles. The number of aryl methyl sites for hydroxylation is 1. The lowest BCUT2D eigenvalue weighted by Crippen LogP contribution is -2.40. The van der Waals surface area contributed by atoms with E-state index in [1.807, 2.05) is 0 Å². The van der Waals surface area contributed by atoms with Crippen molar-refractivity contribution in [1.29, 1.82) is 0 Å². The second-order valence-electron chi connectivity index (χ2n) is 3.82. The second-order valence-corrected chi connectivity index (χ2v) is 3.82. The highest BCUT2D eigenvalue weighted by Gasteiger charge is 2.48. The van der Waals surface area contributed by atoms with Gasteiger partial charge < -0.3 is 4.74 Å². The standard InChI is InChI=1S/C13H14F2O3/c1-3-18-12(17)13(14,15)11(16)8-10-7-5-4-6-9(10)2/h4-7H,3,8H2,1-2H3. The monoisotopic (exact) mass is 256 g/mol. The van der Waals surface area contributed by atoms with Gasteiger partial charge in [-0.3, -0.25) is 4.79 Å². The van der Waals surface area contributed by atoms with Gasteiger partial charge >= 0.3 is 11.9 Å². The summed E-state index contributed by atoms with van der Waals surface area (Å²) in [6, 6.07) is 6.69. The molecule has 5 heteroatoms. The van der Waals surface area contributed by atoms with E-state index in [1.54, 1.807) is 31.2 Å². The highest BCUT2D eigenvalue weighted by atomic mass is 19.3. The average Bonchev–Trinajstić information content (AvgIpc) is 2.32. The van der Waals surface area contributed by atoms with Crippen LogP contribution in [0.1, 0.15) is 18.1 Å². The number of carbonyl (C=O) groups is 2. The van der Waals surface area contributed by atoms with Crippen molar-refractivity contribution in [2.75, 3.05) is 6.61 Å². The molecule has 0 saturated heterocycles. The zero-order valence-electron chi connectivity index (χ0n) is 10.2. The fourth-order valence-corrected chi connectivity index (χ4v) is 1.43. The van der Waals surface area contributed by atoms with Crippen molar-refractivity contribution < 1.29 is 23.1 Å². The molecule has 1 aromatic carbocycles. The topological polar surface area (TPSA) is 43.4 Å². The van der Waals surface area contributed by atoms with E-state index in [4.69, 9.17) is 0 Å². The van der Waals surface area contributed by atoms with Crippen LogP contribution >= 0.6 is 0 Å². The molecule has 0 fully saturated rings. The number of ether oxygens (including phenoxy) is 1. The van der Waals surface area contributed by atoms with Crippen LogP contribution in [-0.4, -0.2) is 24.3 Å². The number of benzene rings is 1. The Kier molecular flexibility index (Phi) is 4.53. The Morgan fingerprint density at radius 1 is 1.28 bits per heavy atom. The third-order valence-electron chi connectivity index (χ3n) is 2.49. The Labute approximate surface area is 104 Å². The van der Waals surface area contributed by atoms with Crippen molar-refractivity contribution in [2.24, 2.45) is 0 Å². The number of alkyl halides is 2. The molecular formula is C13H14F2O3. The Morgan fingerprint density at radius 3 is 2.44 bits per heavy atom. The summed E-state index contributed by atoms with van der Waals surface area (Å²) in [7, 11) is 0. The number of Topliss-reactive ketones (excluding diaryl/α,β-unsaturated/α-hetero) is 1. The van der Waals surface area contributed by atoms with Crippen LogP contribution in [0.15, 0.2) is 24.3 Å². The smallest absolute Gasteiger partial charge is 0.400 e. The first kappa shape index (κ1) is 14.3. The first-order chi connectivity index (χ1) is 8.39. The number of hydrogen-bond donors (Lipinski definition) is 0. The van der Waals surface area contributed by atoms with Crippen molar-refractivity contribution >= 4 is 11.8 Å². The summed E-state index contributed by atoms with van der Waals surface area (Å²) in [6.07, 6.45) is -0.488. The molecule has 0 radical (unpaired) electrons. The third kappa shape index (κ3) is 3.12. The van der Waals surface area contributed by atoms with Crippen molar-refractivity contribution in [3.63, 3.8) is 0 Å². The van der Waals surface area contributed by atoms with E-state index in [-0.39, 0.29) is 6.61 Å². The zero-order valence-corrected chi connectivity index (χ0v) is 10.2. The van der Waals surface area contributed by atoms with E-state index in [9.17, 15) is 18.4 Å². The van der Waals surface area contributed by atoms with E-state index >= 15 is 0 Å². The SMILES string of the molecule is CCOC(=O)C(F)(F)C(=O)Cc1ccccc1C. The van der Waals surface area contributed by atoms with Crippen molar-refractivity contribution in [3.05, 3.63) is 35.4 Å². The zero-order chi connectivity index (χ0) is 13.8. The summed E-state index contributed by atoms with van der Waals surface area (Å²) < 4.78 is 31.0. The molecule has 0 atom stereocenters. The minimum absolute atomic E-state index is 0.188. The summed E-state index contributed by atoms with van der Waals surface area (Å²) in [5, 5.41) is 0. The number of halogens is 2. The molecule has 0 N–H and O–H groups in total. The molecule has 0 spiro atoms. The van der Waals surface area contributed by atoms with Gasteiger partial charge in [0.05, 0.1) is 6.61 Å². The molecular weight excluding hydrogens is 242 g/mol. The molecule has 1 rings (SSSR count). The van der Waals surface area contributed by atoms with Crippen molar-refractivity contribution in [1.82, 2.24) is 0 Å². The Balaban J connectivity index is 2.82. The molecule has 0 amide bonds. The van der Waals surface area contributed by atoms with Gasteiger partial charge in [-0.15, -0.1) is 0 Å². The van der Waals surface area contributed by atoms with Gasteiger partial charge in [-0.05, 0) is 25.0 Å². The summed E-state index contributed by atoms with van der Waals surface area (Å²) in [4.78, 5) is 22.4. The molecule has 0 aliphatic rings. The Morgan fingerprint density at radius 2 is 1.89 bits per heavy atom. The van der Waals surface area contributed by atoms with Crippen LogP contribution in [0.2, 0.25) is 0 Å². The van der Waals surface area contributed by atoms with E-state index < -0.39 is 24.1 Å². The molecule has 0 unspecified atom stereocenters. The summed E-state index contributed by atoms with van der Waals surface area (Å²) >= 11 is 0. The highest BCUT2D eigenvalue weighted by Crippen LogP contribution is 2.20. The molecule has 98 valence electrons. The first-order valence-corrected chi connectivity index (χ1v) is 5.52. The molecule has 0 bridgehead atoms. The van der Waals surface area contributed by atoms with Crippen LogP contribution in [0.3, 0.4) is 0 Å². The Bertz CT molecular complexity index is 455. The number of esters is 1. The molecule has 0 aromatic heterocycles. The van der Waals surface area contributed by atoms with Gasteiger partial charge in [0.15, 0.2) is 0 Å². The lowest BCUT2D eigenvalue weighted by Gasteiger charge is -2.14. The molecule has 0 aliphatic heterocycles. The summed E-state index contributed by atoms with van der Waals surface area (Å²) in [5.41, 5.74) is 1.21. The maximum atomic E-state index is 13.4. The summed E-state index contributed by atoms with van der Waals surface area (Å²) in [6.45, 7) is 2.93. The lowest BCUT2D eigenvalue weighted by atomic mass is 10.0.